The highest BCUT2D eigenvalue weighted by Gasteiger charge is 2.26. The van der Waals surface area contributed by atoms with E-state index >= 15 is 0 Å². The molecule has 2 aromatic heterocycles. The molecule has 150 valence electrons. The lowest BCUT2D eigenvalue weighted by Crippen LogP contribution is -2.12. The van der Waals surface area contributed by atoms with Crippen molar-refractivity contribution in [2.45, 2.75) is 24.8 Å². The molecule has 0 aliphatic rings. The van der Waals surface area contributed by atoms with Gasteiger partial charge in [-0.2, -0.15) is 0 Å². The third-order valence-corrected chi connectivity index (χ3v) is 7.33. The topological polar surface area (TPSA) is 44.0 Å². The van der Waals surface area contributed by atoms with E-state index in [1.54, 1.807) is 24.3 Å². The van der Waals surface area contributed by atoms with Gasteiger partial charge in [0.2, 0.25) is 0 Å². The lowest BCUT2D eigenvalue weighted by Gasteiger charge is -2.10. The second-order valence-corrected chi connectivity index (χ2v) is 9.19. The lowest BCUT2D eigenvalue weighted by molar-refractivity contribution is 0.590. The van der Waals surface area contributed by atoms with E-state index < -0.39 is 10.0 Å². The number of hydrogen-bond acceptors (Lipinski definition) is 2. The molecule has 0 saturated heterocycles. The van der Waals surface area contributed by atoms with Crippen molar-refractivity contribution in [3.63, 3.8) is 0 Å². The maximum absolute atomic E-state index is 13.6. The Balaban J connectivity index is 1.82. The molecule has 0 amide bonds. The SMILES string of the molecule is CCc1c2c3ccccc3n(S(=O)(=O)c3ccccc3)c2cn1Cc1ccccc1. The molecular weight excluding hydrogens is 392 g/mol. The highest BCUT2D eigenvalue weighted by molar-refractivity contribution is 7.90. The maximum atomic E-state index is 13.6. The molecule has 0 radical (unpaired) electrons. The molecule has 0 bridgehead atoms. The molecule has 30 heavy (non-hydrogen) atoms. The predicted molar refractivity (Wildman–Crippen MR) is 121 cm³/mol. The number of hydrogen-bond donors (Lipinski definition) is 0. The van der Waals surface area contributed by atoms with Crippen molar-refractivity contribution in [1.29, 1.82) is 0 Å². The molecule has 4 nitrogen and oxygen atoms in total. The van der Waals surface area contributed by atoms with Gasteiger partial charge in [-0.3, -0.25) is 0 Å². The summed E-state index contributed by atoms with van der Waals surface area (Å²) >= 11 is 0. The Labute approximate surface area is 176 Å². The first-order chi connectivity index (χ1) is 14.6. The van der Waals surface area contributed by atoms with Crippen LogP contribution in [0, 0.1) is 0 Å². The number of benzene rings is 3. The van der Waals surface area contributed by atoms with E-state index in [4.69, 9.17) is 0 Å². The van der Waals surface area contributed by atoms with Gasteiger partial charge in [-0.15, -0.1) is 0 Å². The molecule has 5 heteroatoms. The summed E-state index contributed by atoms with van der Waals surface area (Å²) < 4.78 is 31.0. The van der Waals surface area contributed by atoms with Gasteiger partial charge >= 0.3 is 0 Å². The Morgan fingerprint density at radius 2 is 1.40 bits per heavy atom. The summed E-state index contributed by atoms with van der Waals surface area (Å²) in [4.78, 5) is 0.293. The second kappa shape index (κ2) is 7.18. The summed E-state index contributed by atoms with van der Waals surface area (Å²) in [5.41, 5.74) is 3.78. The number of fused-ring (bicyclic) bond motifs is 3. The summed E-state index contributed by atoms with van der Waals surface area (Å²) in [6.07, 6.45) is 2.80. The molecule has 0 fully saturated rings. The zero-order chi connectivity index (χ0) is 20.7. The minimum absolute atomic E-state index is 0.293. The van der Waals surface area contributed by atoms with E-state index in [0.29, 0.717) is 17.0 Å². The minimum Gasteiger partial charge on any atom is -0.344 e. The lowest BCUT2D eigenvalue weighted by atomic mass is 10.1. The highest BCUT2D eigenvalue weighted by Crippen LogP contribution is 2.36. The molecular formula is C25H22N2O2S. The van der Waals surface area contributed by atoms with Gasteiger partial charge in [0.05, 0.1) is 15.9 Å². The van der Waals surface area contributed by atoms with Crippen LogP contribution in [-0.2, 0) is 23.0 Å². The van der Waals surface area contributed by atoms with Crippen LogP contribution in [0.5, 0.6) is 0 Å². The monoisotopic (exact) mass is 414 g/mol. The summed E-state index contributed by atoms with van der Waals surface area (Å²) in [5, 5.41) is 1.99. The van der Waals surface area contributed by atoms with Gasteiger partial charge in [0.15, 0.2) is 0 Å². The van der Waals surface area contributed by atoms with Gasteiger partial charge < -0.3 is 4.57 Å². The molecule has 0 atom stereocenters. The molecule has 0 saturated carbocycles. The quantitative estimate of drug-likeness (QED) is 0.384. The average molecular weight is 415 g/mol. The van der Waals surface area contributed by atoms with Crippen molar-refractivity contribution in [1.82, 2.24) is 8.54 Å². The van der Waals surface area contributed by atoms with E-state index in [0.717, 1.165) is 28.4 Å². The average Bonchev–Trinajstić information content (AvgIpc) is 3.28. The molecule has 0 unspecified atom stereocenters. The second-order valence-electron chi connectivity index (χ2n) is 7.40. The Morgan fingerprint density at radius 1 is 0.767 bits per heavy atom. The van der Waals surface area contributed by atoms with E-state index in [1.807, 2.05) is 54.7 Å². The summed E-state index contributed by atoms with van der Waals surface area (Å²) in [6.45, 7) is 2.83. The Morgan fingerprint density at radius 3 is 2.10 bits per heavy atom. The first kappa shape index (κ1) is 18.7. The molecule has 0 N–H and O–H groups in total. The number of nitrogens with zero attached hydrogens (tertiary/aromatic N) is 2. The molecule has 0 aliphatic heterocycles. The number of rotatable bonds is 5. The van der Waals surface area contributed by atoms with Crippen LogP contribution in [-0.4, -0.2) is 17.0 Å². The van der Waals surface area contributed by atoms with Crippen LogP contribution >= 0.6 is 0 Å². The molecule has 3 aromatic carbocycles. The molecule has 5 rings (SSSR count). The van der Waals surface area contributed by atoms with Crippen LogP contribution in [0.15, 0.2) is 96.0 Å². The van der Waals surface area contributed by atoms with E-state index in [9.17, 15) is 8.42 Å². The van der Waals surface area contributed by atoms with Crippen LogP contribution in [0.3, 0.4) is 0 Å². The zero-order valence-corrected chi connectivity index (χ0v) is 17.5. The first-order valence-electron chi connectivity index (χ1n) is 10.1. The first-order valence-corrected chi connectivity index (χ1v) is 11.5. The van der Waals surface area contributed by atoms with Crippen LogP contribution in [0.2, 0.25) is 0 Å². The van der Waals surface area contributed by atoms with Crippen molar-refractivity contribution >= 4 is 31.8 Å². The summed E-state index contributed by atoms with van der Waals surface area (Å²) in [7, 11) is -3.73. The fourth-order valence-electron chi connectivity index (χ4n) is 4.28. The van der Waals surface area contributed by atoms with Crippen LogP contribution in [0.25, 0.3) is 21.8 Å². The molecule has 5 aromatic rings. The zero-order valence-electron chi connectivity index (χ0n) is 16.7. The van der Waals surface area contributed by atoms with Crippen molar-refractivity contribution in [2.75, 3.05) is 0 Å². The van der Waals surface area contributed by atoms with Crippen LogP contribution in [0.4, 0.5) is 0 Å². The fraction of sp³-hybridized carbons (Fsp3) is 0.120. The molecule has 0 spiro atoms. The minimum atomic E-state index is -3.73. The van der Waals surface area contributed by atoms with Gasteiger partial charge in [-0.1, -0.05) is 73.7 Å². The maximum Gasteiger partial charge on any atom is 0.268 e. The van der Waals surface area contributed by atoms with E-state index in [-0.39, 0.29) is 0 Å². The predicted octanol–water partition coefficient (Wildman–Crippen LogP) is 5.44. The Hall–Kier alpha value is -3.31. The standard InChI is InChI=1S/C25H22N2O2S/c1-2-22-25-21-15-9-10-16-23(21)27(30(28,29)20-13-7-4-8-14-20)24(25)18-26(22)17-19-11-5-3-6-12-19/h3-16,18H,2,17H2,1H3. The van der Waals surface area contributed by atoms with Crippen LogP contribution in [0.1, 0.15) is 18.2 Å². The third kappa shape index (κ3) is 2.85. The van der Waals surface area contributed by atoms with Crippen molar-refractivity contribution in [3.05, 3.63) is 102 Å². The Bertz CT molecular complexity index is 1450. The van der Waals surface area contributed by atoms with Gasteiger partial charge in [0.1, 0.15) is 0 Å². The van der Waals surface area contributed by atoms with Crippen molar-refractivity contribution in [3.8, 4) is 0 Å². The third-order valence-electron chi connectivity index (χ3n) is 5.59. The normalized spacial score (nSPS) is 12.0. The Kier molecular flexibility index (Phi) is 4.48. The van der Waals surface area contributed by atoms with Gasteiger partial charge in [-0.25, -0.2) is 12.4 Å². The van der Waals surface area contributed by atoms with Gasteiger partial charge in [-0.05, 0) is 30.2 Å². The number of aryl methyl sites for hydroxylation is 1. The van der Waals surface area contributed by atoms with Gasteiger partial charge in [0.25, 0.3) is 10.0 Å². The van der Waals surface area contributed by atoms with Crippen molar-refractivity contribution in [2.24, 2.45) is 0 Å². The fourth-order valence-corrected chi connectivity index (χ4v) is 5.81. The van der Waals surface area contributed by atoms with Gasteiger partial charge in [0, 0.05) is 29.2 Å². The van der Waals surface area contributed by atoms with E-state index in [2.05, 4.69) is 23.6 Å². The summed E-state index contributed by atoms with van der Waals surface area (Å²) in [5.74, 6) is 0. The number of para-hydroxylation sites is 1. The smallest absolute Gasteiger partial charge is 0.268 e. The van der Waals surface area contributed by atoms with Crippen molar-refractivity contribution < 1.29 is 8.42 Å². The largest absolute Gasteiger partial charge is 0.344 e. The molecule has 0 aliphatic carbocycles. The van der Waals surface area contributed by atoms with Crippen LogP contribution < -0.4 is 0 Å². The number of aromatic nitrogens is 2. The molecule has 2 heterocycles. The summed E-state index contributed by atoms with van der Waals surface area (Å²) in [6, 6.07) is 26.6. The van der Waals surface area contributed by atoms with E-state index in [1.165, 1.54) is 9.54 Å². The highest BCUT2D eigenvalue weighted by atomic mass is 32.2.